The highest BCUT2D eigenvalue weighted by atomic mass is 79.9. The third-order valence-electron chi connectivity index (χ3n) is 3.95. The summed E-state index contributed by atoms with van der Waals surface area (Å²) in [6.45, 7) is 10.1. The molecule has 2 rings (SSSR count). The van der Waals surface area contributed by atoms with Gasteiger partial charge < -0.3 is 10.0 Å². The van der Waals surface area contributed by atoms with E-state index in [1.54, 1.807) is 0 Å². The number of alkyl halides is 3. The van der Waals surface area contributed by atoms with Crippen molar-refractivity contribution in [3.63, 3.8) is 0 Å². The van der Waals surface area contributed by atoms with E-state index in [0.29, 0.717) is 24.0 Å². The topological polar surface area (TPSA) is 23.5 Å². The zero-order valence-electron chi connectivity index (χ0n) is 13.2. The minimum Gasteiger partial charge on any atom is -0.388 e. The second-order valence-electron chi connectivity index (χ2n) is 5.17. The molecule has 0 fully saturated rings. The molecule has 1 aromatic rings. The molecule has 0 saturated heterocycles. The van der Waals surface area contributed by atoms with E-state index in [-0.39, 0.29) is 4.47 Å². The van der Waals surface area contributed by atoms with Gasteiger partial charge in [-0.25, -0.2) is 0 Å². The molecule has 0 saturated carbocycles. The summed E-state index contributed by atoms with van der Waals surface area (Å²) in [6, 6.07) is 2.37. The number of fused-ring (bicyclic) bond motifs is 1. The van der Waals surface area contributed by atoms with Crippen LogP contribution in [0, 0.1) is 0 Å². The average Bonchev–Trinajstić information content (AvgIpc) is 2.83. The lowest BCUT2D eigenvalue weighted by atomic mass is 10.1. The number of aliphatic hydroxyl groups excluding tert-OH is 1. The second-order valence-corrected chi connectivity index (χ2v) is 5.96. The fraction of sp³-hybridized carbons (Fsp3) is 0.625. The quantitative estimate of drug-likeness (QED) is 0.812. The minimum absolute atomic E-state index is 0.0732. The van der Waals surface area contributed by atoms with Crippen molar-refractivity contribution in [1.29, 1.82) is 0 Å². The number of nitrogens with zero attached hydrogens (tertiary/aromatic N) is 1. The van der Waals surface area contributed by atoms with Crippen LogP contribution in [0.15, 0.2) is 16.6 Å². The molecule has 0 radical (unpaired) electrons. The van der Waals surface area contributed by atoms with Crippen LogP contribution in [0.3, 0.4) is 0 Å². The standard InChI is InChI=1S/C10H8BrF3O.C6H15N/c11-9-6-2-4-8(15)5(6)1-3-7(9)10(12,13)14;1-4-7(5-2)6-3/h1,3,8,15H,2,4H2;4-6H2,1-3H3/t8-;/m0./s1. The van der Waals surface area contributed by atoms with E-state index in [9.17, 15) is 18.3 Å². The van der Waals surface area contributed by atoms with Crippen molar-refractivity contribution >= 4 is 15.9 Å². The van der Waals surface area contributed by atoms with Gasteiger partial charge in [-0.3, -0.25) is 0 Å². The van der Waals surface area contributed by atoms with E-state index in [0.717, 1.165) is 6.07 Å². The molecule has 0 bridgehead atoms. The number of aliphatic hydroxyl groups is 1. The number of rotatable bonds is 3. The smallest absolute Gasteiger partial charge is 0.388 e. The lowest BCUT2D eigenvalue weighted by Gasteiger charge is -2.13. The van der Waals surface area contributed by atoms with Crippen LogP contribution in [-0.4, -0.2) is 29.6 Å². The minimum atomic E-state index is -4.35. The molecule has 1 aliphatic carbocycles. The molecule has 1 aromatic carbocycles. The number of hydrogen-bond acceptors (Lipinski definition) is 2. The van der Waals surface area contributed by atoms with Crippen LogP contribution in [0.5, 0.6) is 0 Å². The largest absolute Gasteiger partial charge is 0.417 e. The Bertz CT molecular complexity index is 482. The van der Waals surface area contributed by atoms with Gasteiger partial charge in [-0.1, -0.05) is 26.8 Å². The molecular weight excluding hydrogens is 359 g/mol. The van der Waals surface area contributed by atoms with Crippen LogP contribution in [0.2, 0.25) is 0 Å². The van der Waals surface area contributed by atoms with E-state index in [4.69, 9.17) is 0 Å². The fourth-order valence-corrected chi connectivity index (χ4v) is 3.31. The van der Waals surface area contributed by atoms with Crippen molar-refractivity contribution in [2.24, 2.45) is 0 Å². The third kappa shape index (κ3) is 4.70. The van der Waals surface area contributed by atoms with Gasteiger partial charge in [-0.05, 0) is 65.6 Å². The molecule has 126 valence electrons. The summed E-state index contributed by atoms with van der Waals surface area (Å²) in [4.78, 5) is 2.38. The molecule has 0 spiro atoms. The van der Waals surface area contributed by atoms with Gasteiger partial charge in [0, 0.05) is 4.47 Å². The molecule has 1 atom stereocenters. The average molecular weight is 382 g/mol. The Morgan fingerprint density at radius 1 is 1.18 bits per heavy atom. The first-order valence-electron chi connectivity index (χ1n) is 7.55. The van der Waals surface area contributed by atoms with Gasteiger partial charge >= 0.3 is 6.18 Å². The summed E-state index contributed by atoms with van der Waals surface area (Å²) in [5, 5.41) is 9.50. The lowest BCUT2D eigenvalue weighted by Crippen LogP contribution is -2.21. The van der Waals surface area contributed by atoms with Crippen molar-refractivity contribution in [2.75, 3.05) is 19.6 Å². The Morgan fingerprint density at radius 3 is 2.14 bits per heavy atom. The van der Waals surface area contributed by atoms with Gasteiger partial charge in [-0.2, -0.15) is 13.2 Å². The zero-order chi connectivity index (χ0) is 16.9. The van der Waals surface area contributed by atoms with Crippen LogP contribution in [0.4, 0.5) is 13.2 Å². The van der Waals surface area contributed by atoms with Gasteiger partial charge in [0.2, 0.25) is 0 Å². The van der Waals surface area contributed by atoms with Crippen LogP contribution in [-0.2, 0) is 12.6 Å². The van der Waals surface area contributed by atoms with Crippen LogP contribution >= 0.6 is 15.9 Å². The lowest BCUT2D eigenvalue weighted by molar-refractivity contribution is -0.138. The van der Waals surface area contributed by atoms with E-state index in [1.807, 2.05) is 0 Å². The zero-order valence-corrected chi connectivity index (χ0v) is 14.8. The summed E-state index contributed by atoms with van der Waals surface area (Å²) < 4.78 is 37.6. The van der Waals surface area contributed by atoms with E-state index in [1.165, 1.54) is 25.7 Å². The summed E-state index contributed by atoms with van der Waals surface area (Å²) in [7, 11) is 0. The number of halogens is 4. The Hall–Kier alpha value is -0.590. The molecule has 2 nitrogen and oxygen atoms in total. The van der Waals surface area contributed by atoms with Crippen molar-refractivity contribution in [1.82, 2.24) is 4.90 Å². The normalized spacial score (nSPS) is 17.2. The predicted molar refractivity (Wildman–Crippen MR) is 85.9 cm³/mol. The molecule has 0 unspecified atom stereocenters. The van der Waals surface area contributed by atoms with E-state index < -0.39 is 17.8 Å². The Balaban J connectivity index is 0.000000295. The highest BCUT2D eigenvalue weighted by molar-refractivity contribution is 9.10. The van der Waals surface area contributed by atoms with Gasteiger partial charge in [0.25, 0.3) is 0 Å². The molecule has 22 heavy (non-hydrogen) atoms. The maximum Gasteiger partial charge on any atom is 0.417 e. The summed E-state index contributed by atoms with van der Waals surface area (Å²) in [5.41, 5.74) is 0.516. The summed E-state index contributed by atoms with van der Waals surface area (Å²) in [6.07, 6.45) is -3.99. The van der Waals surface area contributed by atoms with Gasteiger partial charge in [0.1, 0.15) is 0 Å². The Kier molecular flexibility index (Phi) is 7.35. The monoisotopic (exact) mass is 381 g/mol. The van der Waals surface area contributed by atoms with Gasteiger partial charge in [0.05, 0.1) is 11.7 Å². The molecule has 1 N–H and O–H groups in total. The maximum absolute atomic E-state index is 12.5. The molecule has 0 aromatic heterocycles. The second kappa shape index (κ2) is 8.31. The maximum atomic E-state index is 12.5. The highest BCUT2D eigenvalue weighted by Gasteiger charge is 2.36. The first-order chi connectivity index (χ1) is 10.3. The third-order valence-corrected chi connectivity index (χ3v) is 4.86. The van der Waals surface area contributed by atoms with Gasteiger partial charge in [0.15, 0.2) is 0 Å². The molecular formula is C16H23BrF3NO. The highest BCUT2D eigenvalue weighted by Crippen LogP contribution is 2.42. The SMILES string of the molecule is CCN(CC)CC.O[C@H]1CCc2c1ccc(C(F)(F)F)c2Br. The van der Waals surface area contributed by atoms with E-state index in [2.05, 4.69) is 41.6 Å². The van der Waals surface area contributed by atoms with Crippen LogP contribution in [0.1, 0.15) is 50.0 Å². The number of benzene rings is 1. The molecule has 1 aliphatic rings. The van der Waals surface area contributed by atoms with Crippen molar-refractivity contribution < 1.29 is 18.3 Å². The van der Waals surface area contributed by atoms with Crippen molar-refractivity contribution in [3.8, 4) is 0 Å². The molecule has 0 heterocycles. The first-order valence-corrected chi connectivity index (χ1v) is 8.34. The molecule has 0 aliphatic heterocycles. The molecule has 6 heteroatoms. The van der Waals surface area contributed by atoms with Crippen molar-refractivity contribution in [2.45, 2.75) is 45.9 Å². The molecule has 0 amide bonds. The van der Waals surface area contributed by atoms with Crippen LogP contribution < -0.4 is 0 Å². The number of hydrogen-bond donors (Lipinski definition) is 1. The summed E-state index contributed by atoms with van der Waals surface area (Å²) in [5.74, 6) is 0. The van der Waals surface area contributed by atoms with E-state index >= 15 is 0 Å². The fourth-order valence-electron chi connectivity index (χ4n) is 2.53. The van der Waals surface area contributed by atoms with Crippen LogP contribution in [0.25, 0.3) is 0 Å². The first kappa shape index (κ1) is 19.5. The Morgan fingerprint density at radius 2 is 1.73 bits per heavy atom. The van der Waals surface area contributed by atoms with Gasteiger partial charge in [-0.15, -0.1) is 0 Å². The predicted octanol–water partition coefficient (Wildman–Crippen LogP) is 4.80. The summed E-state index contributed by atoms with van der Waals surface area (Å²) >= 11 is 2.96. The van der Waals surface area contributed by atoms with Crippen molar-refractivity contribution in [3.05, 3.63) is 33.3 Å². The Labute approximate surface area is 138 Å².